The van der Waals surface area contributed by atoms with Gasteiger partial charge in [0, 0.05) is 29.9 Å². The van der Waals surface area contributed by atoms with Crippen molar-refractivity contribution in [2.75, 3.05) is 36.5 Å². The van der Waals surface area contributed by atoms with E-state index in [1.54, 1.807) is 12.1 Å². The molecule has 0 bridgehead atoms. The summed E-state index contributed by atoms with van der Waals surface area (Å²) in [7, 11) is 0. The second-order valence-electron chi connectivity index (χ2n) is 6.56. The molecule has 4 rings (SSSR count). The molecule has 3 aromatic rings. The first-order chi connectivity index (χ1) is 13.1. The Morgan fingerprint density at radius 1 is 1.11 bits per heavy atom. The van der Waals surface area contributed by atoms with Crippen molar-refractivity contribution in [3.63, 3.8) is 0 Å². The van der Waals surface area contributed by atoms with Crippen molar-refractivity contribution in [1.29, 1.82) is 0 Å². The smallest absolute Gasteiger partial charge is 0.337 e. The van der Waals surface area contributed by atoms with Gasteiger partial charge in [-0.2, -0.15) is 0 Å². The van der Waals surface area contributed by atoms with Crippen LogP contribution < -0.4 is 10.2 Å². The minimum Gasteiger partial charge on any atom is -0.478 e. The molecule has 2 N–H and O–H groups in total. The maximum Gasteiger partial charge on any atom is 0.337 e. The second kappa shape index (κ2) is 7.25. The van der Waals surface area contributed by atoms with E-state index in [0.717, 1.165) is 41.2 Å². The Morgan fingerprint density at radius 2 is 1.89 bits per heavy atom. The van der Waals surface area contributed by atoms with Crippen LogP contribution in [0.5, 0.6) is 0 Å². The number of fused-ring (bicyclic) bond motifs is 1. The summed E-state index contributed by atoms with van der Waals surface area (Å²) >= 11 is 0. The zero-order chi connectivity index (χ0) is 18.8. The highest BCUT2D eigenvalue weighted by atomic mass is 16.5. The summed E-state index contributed by atoms with van der Waals surface area (Å²) in [6, 6.07) is 15.3. The van der Waals surface area contributed by atoms with E-state index in [4.69, 9.17) is 4.74 Å². The summed E-state index contributed by atoms with van der Waals surface area (Å²) in [4.78, 5) is 18.3. The molecule has 0 atom stereocenters. The van der Waals surface area contributed by atoms with Crippen LogP contribution in [0.4, 0.5) is 17.1 Å². The molecule has 0 radical (unpaired) electrons. The number of hydrogen-bond acceptors (Lipinski definition) is 5. The lowest BCUT2D eigenvalue weighted by Crippen LogP contribution is -2.36. The number of carboxylic acid groups (broad SMARTS) is 1. The lowest BCUT2D eigenvalue weighted by atomic mass is 10.1. The van der Waals surface area contributed by atoms with Crippen LogP contribution in [0.1, 0.15) is 16.1 Å². The van der Waals surface area contributed by atoms with E-state index in [9.17, 15) is 9.90 Å². The first-order valence-corrected chi connectivity index (χ1v) is 8.96. The number of aryl methyl sites for hydroxylation is 1. The van der Waals surface area contributed by atoms with Crippen molar-refractivity contribution in [1.82, 2.24) is 4.98 Å². The van der Waals surface area contributed by atoms with Gasteiger partial charge >= 0.3 is 5.97 Å². The molecule has 0 aliphatic carbocycles. The summed E-state index contributed by atoms with van der Waals surface area (Å²) in [6.07, 6.45) is 0. The van der Waals surface area contributed by atoms with Gasteiger partial charge in [-0.25, -0.2) is 4.79 Å². The molecule has 1 aliphatic heterocycles. The molecule has 6 heteroatoms. The van der Waals surface area contributed by atoms with Gasteiger partial charge in [0.2, 0.25) is 0 Å². The van der Waals surface area contributed by atoms with Gasteiger partial charge in [0.1, 0.15) is 0 Å². The number of carboxylic acids is 1. The first kappa shape index (κ1) is 17.3. The third-order valence-electron chi connectivity index (χ3n) is 4.72. The molecule has 1 aliphatic rings. The zero-order valence-corrected chi connectivity index (χ0v) is 15.1. The van der Waals surface area contributed by atoms with Crippen molar-refractivity contribution in [2.45, 2.75) is 6.92 Å². The number of benzene rings is 2. The van der Waals surface area contributed by atoms with Crippen LogP contribution in [-0.4, -0.2) is 42.4 Å². The summed E-state index contributed by atoms with van der Waals surface area (Å²) in [5.41, 5.74) is 4.41. The number of pyridine rings is 1. The molecule has 1 aromatic heterocycles. The van der Waals surface area contributed by atoms with Gasteiger partial charge in [0.25, 0.3) is 0 Å². The minimum absolute atomic E-state index is 0.209. The average Bonchev–Trinajstić information content (AvgIpc) is 2.68. The van der Waals surface area contributed by atoms with Crippen molar-refractivity contribution in [3.05, 3.63) is 59.8 Å². The largest absolute Gasteiger partial charge is 0.478 e. The number of carbonyl (C=O) groups is 1. The van der Waals surface area contributed by atoms with Gasteiger partial charge < -0.3 is 20.1 Å². The van der Waals surface area contributed by atoms with Gasteiger partial charge in [-0.15, -0.1) is 0 Å². The number of ether oxygens (including phenoxy) is 1. The average molecular weight is 363 g/mol. The van der Waals surface area contributed by atoms with Crippen LogP contribution in [0.3, 0.4) is 0 Å². The molecule has 6 nitrogen and oxygen atoms in total. The molecule has 0 unspecified atom stereocenters. The number of aromatic nitrogens is 1. The van der Waals surface area contributed by atoms with Crippen LogP contribution in [0, 0.1) is 6.92 Å². The Kier molecular flexibility index (Phi) is 4.64. The van der Waals surface area contributed by atoms with Crippen molar-refractivity contribution in [2.24, 2.45) is 0 Å². The topological polar surface area (TPSA) is 74.7 Å². The number of nitrogens with zero attached hydrogens (tertiary/aromatic N) is 2. The minimum atomic E-state index is -0.974. The van der Waals surface area contributed by atoms with Gasteiger partial charge in [0.05, 0.1) is 35.7 Å². The Labute approximate surface area is 157 Å². The third-order valence-corrected chi connectivity index (χ3v) is 4.72. The summed E-state index contributed by atoms with van der Waals surface area (Å²) in [5.74, 6) is -0.974. The molecule has 2 heterocycles. The molecule has 0 amide bonds. The normalized spacial score (nSPS) is 14.3. The van der Waals surface area contributed by atoms with E-state index in [1.165, 1.54) is 0 Å². The van der Waals surface area contributed by atoms with Gasteiger partial charge in [0.15, 0.2) is 0 Å². The van der Waals surface area contributed by atoms with Crippen LogP contribution >= 0.6 is 0 Å². The van der Waals surface area contributed by atoms with Crippen LogP contribution in [-0.2, 0) is 4.74 Å². The molecular formula is C21H21N3O3. The molecule has 1 saturated heterocycles. The van der Waals surface area contributed by atoms with Crippen LogP contribution in [0.15, 0.2) is 48.5 Å². The third kappa shape index (κ3) is 3.44. The molecule has 2 aromatic carbocycles. The predicted molar refractivity (Wildman–Crippen MR) is 106 cm³/mol. The fraction of sp³-hybridized carbons (Fsp3) is 0.238. The van der Waals surface area contributed by atoms with E-state index in [2.05, 4.69) is 21.3 Å². The van der Waals surface area contributed by atoms with Gasteiger partial charge in [-0.1, -0.05) is 24.3 Å². The highest BCUT2D eigenvalue weighted by Gasteiger charge is 2.17. The molecule has 0 spiro atoms. The molecule has 27 heavy (non-hydrogen) atoms. The lowest BCUT2D eigenvalue weighted by molar-refractivity contribution is 0.0699. The summed E-state index contributed by atoms with van der Waals surface area (Å²) < 4.78 is 5.46. The van der Waals surface area contributed by atoms with Gasteiger partial charge in [-0.3, -0.25) is 4.98 Å². The summed E-state index contributed by atoms with van der Waals surface area (Å²) in [6.45, 7) is 4.99. The molecule has 0 saturated carbocycles. The maximum absolute atomic E-state index is 11.6. The molecule has 1 fully saturated rings. The quantitative estimate of drug-likeness (QED) is 0.734. The number of morpholine rings is 1. The number of hydrogen-bond donors (Lipinski definition) is 2. The number of aromatic carboxylic acids is 1. The molecular weight excluding hydrogens is 342 g/mol. The highest BCUT2D eigenvalue weighted by molar-refractivity contribution is 6.06. The van der Waals surface area contributed by atoms with Crippen molar-refractivity contribution >= 4 is 33.9 Å². The fourth-order valence-corrected chi connectivity index (χ4v) is 3.46. The van der Waals surface area contributed by atoms with E-state index in [1.807, 2.05) is 37.3 Å². The first-order valence-electron chi connectivity index (χ1n) is 8.96. The Bertz CT molecular complexity index is 997. The molecule has 138 valence electrons. The highest BCUT2D eigenvalue weighted by Crippen LogP contribution is 2.33. The van der Waals surface area contributed by atoms with E-state index < -0.39 is 5.97 Å². The SMILES string of the molecule is Cc1cc(Nc2ccccc2N2CCOCC2)c2cccc(C(=O)O)c2n1. The standard InChI is InChI=1S/C21H21N3O3/c1-14-13-18(15-5-4-6-16(21(25)26)20(15)22-14)23-17-7-2-3-8-19(17)24-9-11-27-12-10-24/h2-8,13H,9-12H2,1H3,(H,22,23)(H,25,26). The van der Waals surface area contributed by atoms with Crippen LogP contribution in [0.2, 0.25) is 0 Å². The maximum atomic E-state index is 11.6. The monoisotopic (exact) mass is 363 g/mol. The Balaban J connectivity index is 1.79. The number of nitrogens with one attached hydrogen (secondary N) is 1. The number of para-hydroxylation sites is 3. The fourth-order valence-electron chi connectivity index (χ4n) is 3.46. The Morgan fingerprint density at radius 3 is 2.67 bits per heavy atom. The van der Waals surface area contributed by atoms with Crippen molar-refractivity contribution in [3.8, 4) is 0 Å². The zero-order valence-electron chi connectivity index (χ0n) is 15.1. The number of anilines is 3. The van der Waals surface area contributed by atoms with Crippen LogP contribution in [0.25, 0.3) is 10.9 Å². The Hall–Kier alpha value is -3.12. The van der Waals surface area contributed by atoms with E-state index in [0.29, 0.717) is 18.7 Å². The van der Waals surface area contributed by atoms with E-state index in [-0.39, 0.29) is 5.56 Å². The second-order valence-corrected chi connectivity index (χ2v) is 6.56. The number of rotatable bonds is 4. The van der Waals surface area contributed by atoms with Gasteiger partial charge in [-0.05, 0) is 31.2 Å². The summed E-state index contributed by atoms with van der Waals surface area (Å²) in [5, 5.41) is 13.8. The van der Waals surface area contributed by atoms with Crippen molar-refractivity contribution < 1.29 is 14.6 Å². The lowest BCUT2D eigenvalue weighted by Gasteiger charge is -2.30. The van der Waals surface area contributed by atoms with E-state index >= 15 is 0 Å². The predicted octanol–water partition coefficient (Wildman–Crippen LogP) is 3.82.